The lowest BCUT2D eigenvalue weighted by molar-refractivity contribution is 0.0705. The van der Waals surface area contributed by atoms with Gasteiger partial charge in [0.25, 0.3) is 5.91 Å². The number of hydrogen-bond donors (Lipinski definition) is 0. The Balaban J connectivity index is 1.39. The molecular weight excluding hydrogens is 326 g/mol. The fourth-order valence-corrected chi connectivity index (χ4v) is 3.66. The average molecular weight is 347 g/mol. The normalized spacial score (nSPS) is 16.6. The smallest absolute Gasteiger partial charge is 0.257 e. The number of benzene rings is 1. The van der Waals surface area contributed by atoms with E-state index in [1.807, 2.05) is 46.8 Å². The molecule has 3 heterocycles. The number of hydrogen-bond acceptors (Lipinski definition) is 3. The zero-order chi connectivity index (χ0) is 17.7. The minimum atomic E-state index is 0.0464. The molecule has 26 heavy (non-hydrogen) atoms. The van der Waals surface area contributed by atoms with E-state index >= 15 is 0 Å². The van der Waals surface area contributed by atoms with Crippen molar-refractivity contribution in [2.24, 2.45) is 0 Å². The molecule has 6 heteroatoms. The Bertz CT molecular complexity index is 968. The van der Waals surface area contributed by atoms with Crippen molar-refractivity contribution in [3.05, 3.63) is 65.2 Å². The second-order valence-corrected chi connectivity index (χ2v) is 7.18. The van der Waals surface area contributed by atoms with Gasteiger partial charge < -0.3 is 4.90 Å². The summed E-state index contributed by atoms with van der Waals surface area (Å²) in [5.74, 6) is 0.689. The highest BCUT2D eigenvalue weighted by molar-refractivity contribution is 5.95. The van der Waals surface area contributed by atoms with Gasteiger partial charge in [-0.25, -0.2) is 4.68 Å². The first-order valence-corrected chi connectivity index (χ1v) is 9.16. The first-order chi connectivity index (χ1) is 12.7. The second-order valence-electron chi connectivity index (χ2n) is 7.18. The molecule has 1 saturated carbocycles. The number of nitrogens with zero attached hydrogens (tertiary/aromatic N) is 5. The van der Waals surface area contributed by atoms with E-state index in [2.05, 4.69) is 15.8 Å². The van der Waals surface area contributed by atoms with E-state index in [9.17, 15) is 4.79 Å². The maximum atomic E-state index is 13.1. The van der Waals surface area contributed by atoms with Crippen molar-refractivity contribution in [3.8, 4) is 5.69 Å². The van der Waals surface area contributed by atoms with Gasteiger partial charge in [-0.05, 0) is 38.0 Å². The second kappa shape index (κ2) is 5.83. The summed E-state index contributed by atoms with van der Waals surface area (Å²) in [7, 11) is 0. The van der Waals surface area contributed by atoms with Crippen LogP contribution < -0.4 is 0 Å². The Kier molecular flexibility index (Phi) is 3.45. The summed E-state index contributed by atoms with van der Waals surface area (Å²) in [4.78, 5) is 15.0. The van der Waals surface area contributed by atoms with Crippen LogP contribution >= 0.6 is 0 Å². The zero-order valence-electron chi connectivity index (χ0n) is 14.8. The number of amides is 1. The lowest BCUT2D eigenvalue weighted by atomic mass is 10.2. The molecule has 5 rings (SSSR count). The Labute approximate surface area is 152 Å². The van der Waals surface area contributed by atoms with Crippen molar-refractivity contribution in [1.29, 1.82) is 0 Å². The lowest BCUT2D eigenvalue weighted by Gasteiger charge is -2.27. The summed E-state index contributed by atoms with van der Waals surface area (Å²) in [5.41, 5.74) is 4.85. The van der Waals surface area contributed by atoms with Gasteiger partial charge in [-0.1, -0.05) is 18.2 Å². The van der Waals surface area contributed by atoms with E-state index in [-0.39, 0.29) is 5.91 Å². The molecule has 1 amide bonds. The molecule has 2 aromatic heterocycles. The number of carbonyl (C=O) groups is 1. The van der Waals surface area contributed by atoms with Gasteiger partial charge in [0.05, 0.1) is 47.6 Å². The van der Waals surface area contributed by atoms with Gasteiger partial charge in [-0.3, -0.25) is 9.48 Å². The van der Waals surface area contributed by atoms with Crippen molar-refractivity contribution in [3.63, 3.8) is 0 Å². The monoisotopic (exact) mass is 347 g/mol. The molecule has 0 radical (unpaired) electrons. The molecule has 1 aliphatic heterocycles. The number of fused-ring (bicyclic) bond motifs is 1. The van der Waals surface area contributed by atoms with Crippen molar-refractivity contribution < 1.29 is 4.79 Å². The van der Waals surface area contributed by atoms with Crippen molar-refractivity contribution in [2.45, 2.75) is 38.8 Å². The molecular formula is C20H21N5O. The van der Waals surface area contributed by atoms with Gasteiger partial charge in [0, 0.05) is 12.5 Å². The largest absolute Gasteiger partial charge is 0.331 e. The quantitative estimate of drug-likeness (QED) is 0.732. The maximum absolute atomic E-state index is 13.1. The van der Waals surface area contributed by atoms with Crippen LogP contribution in [0.1, 0.15) is 46.2 Å². The van der Waals surface area contributed by atoms with Crippen molar-refractivity contribution >= 4 is 5.91 Å². The third kappa shape index (κ3) is 2.53. The highest BCUT2D eigenvalue weighted by atomic mass is 16.2. The fraction of sp³-hybridized carbons (Fsp3) is 0.350. The van der Waals surface area contributed by atoms with Crippen molar-refractivity contribution in [1.82, 2.24) is 24.5 Å². The van der Waals surface area contributed by atoms with Gasteiger partial charge in [0.2, 0.25) is 0 Å². The van der Waals surface area contributed by atoms with E-state index in [1.165, 1.54) is 18.5 Å². The van der Waals surface area contributed by atoms with Gasteiger partial charge in [0.1, 0.15) is 0 Å². The Morgan fingerprint density at radius 1 is 1.15 bits per heavy atom. The van der Waals surface area contributed by atoms with Crippen LogP contribution in [0, 0.1) is 6.92 Å². The van der Waals surface area contributed by atoms with Gasteiger partial charge in [-0.15, -0.1) is 0 Å². The van der Waals surface area contributed by atoms with Crippen LogP contribution in [-0.4, -0.2) is 36.9 Å². The third-order valence-electron chi connectivity index (χ3n) is 5.34. The van der Waals surface area contributed by atoms with E-state index in [1.54, 1.807) is 6.20 Å². The Morgan fingerprint density at radius 2 is 1.96 bits per heavy atom. The summed E-state index contributed by atoms with van der Waals surface area (Å²) in [6.07, 6.45) is 4.18. The number of rotatable bonds is 3. The van der Waals surface area contributed by atoms with Crippen LogP contribution in [-0.2, 0) is 13.1 Å². The van der Waals surface area contributed by atoms with Crippen LogP contribution in [0.5, 0.6) is 0 Å². The van der Waals surface area contributed by atoms with Crippen LogP contribution in [0.2, 0.25) is 0 Å². The summed E-state index contributed by atoms with van der Waals surface area (Å²) in [5, 5.41) is 9.14. The lowest BCUT2D eigenvalue weighted by Crippen LogP contribution is -2.38. The third-order valence-corrected chi connectivity index (χ3v) is 5.34. The molecule has 2 aliphatic rings. The molecule has 6 nitrogen and oxygen atoms in total. The average Bonchev–Trinajstić information content (AvgIpc) is 3.32. The van der Waals surface area contributed by atoms with Crippen LogP contribution in [0.3, 0.4) is 0 Å². The van der Waals surface area contributed by atoms with Gasteiger partial charge in [-0.2, -0.15) is 10.2 Å². The number of aromatic nitrogens is 4. The topological polar surface area (TPSA) is 56.0 Å². The minimum absolute atomic E-state index is 0.0464. The van der Waals surface area contributed by atoms with Crippen LogP contribution in [0.25, 0.3) is 5.69 Å². The molecule has 1 aromatic carbocycles. The summed E-state index contributed by atoms with van der Waals surface area (Å²) < 4.78 is 3.89. The number of para-hydroxylation sites is 1. The first kappa shape index (κ1) is 15.4. The Hall–Kier alpha value is -2.89. The van der Waals surface area contributed by atoms with E-state index < -0.39 is 0 Å². The summed E-state index contributed by atoms with van der Waals surface area (Å²) in [6, 6.07) is 12.1. The SMILES string of the molecule is Cc1c(C(=O)N2CCn3nc(C4CC4)cc3C2)cnn1-c1ccccc1. The molecule has 3 aromatic rings. The highest BCUT2D eigenvalue weighted by Crippen LogP contribution is 2.39. The minimum Gasteiger partial charge on any atom is -0.331 e. The Morgan fingerprint density at radius 3 is 2.73 bits per heavy atom. The van der Waals surface area contributed by atoms with Crippen LogP contribution in [0.4, 0.5) is 0 Å². The highest BCUT2D eigenvalue weighted by Gasteiger charge is 2.30. The zero-order valence-corrected chi connectivity index (χ0v) is 14.8. The summed E-state index contributed by atoms with van der Waals surface area (Å²) in [6.45, 7) is 4.02. The van der Waals surface area contributed by atoms with E-state index in [4.69, 9.17) is 5.10 Å². The molecule has 1 fully saturated rings. The first-order valence-electron chi connectivity index (χ1n) is 9.16. The molecule has 0 N–H and O–H groups in total. The predicted octanol–water partition coefficient (Wildman–Crippen LogP) is 2.91. The van der Waals surface area contributed by atoms with E-state index in [0.717, 1.165) is 23.6 Å². The molecule has 0 saturated heterocycles. The molecule has 0 spiro atoms. The van der Waals surface area contributed by atoms with Gasteiger partial charge in [0.15, 0.2) is 0 Å². The van der Waals surface area contributed by atoms with Crippen LogP contribution in [0.15, 0.2) is 42.6 Å². The van der Waals surface area contributed by atoms with Crippen molar-refractivity contribution in [2.75, 3.05) is 6.54 Å². The standard InChI is InChI=1S/C20H21N5O/c1-14-18(12-21-25(14)16-5-3-2-4-6-16)20(26)23-9-10-24-17(13-23)11-19(22-24)15-7-8-15/h2-6,11-12,15H,7-10,13H2,1H3. The molecule has 132 valence electrons. The molecule has 0 unspecified atom stereocenters. The molecule has 0 bridgehead atoms. The molecule has 0 atom stereocenters. The summed E-state index contributed by atoms with van der Waals surface area (Å²) >= 11 is 0. The van der Waals surface area contributed by atoms with Gasteiger partial charge >= 0.3 is 0 Å². The fourth-order valence-electron chi connectivity index (χ4n) is 3.66. The van der Waals surface area contributed by atoms with E-state index in [0.29, 0.717) is 24.6 Å². The number of carbonyl (C=O) groups excluding carboxylic acids is 1. The predicted molar refractivity (Wildman–Crippen MR) is 97.2 cm³/mol. The molecule has 1 aliphatic carbocycles. The maximum Gasteiger partial charge on any atom is 0.257 e.